The molecule has 9 nitrogen and oxygen atoms in total. The molecule has 6 rings (SSSR count). The molecule has 6 unspecified atom stereocenters. The number of carbonyl (C=O) groups is 2. The first-order valence-electron chi connectivity index (χ1n) is 10.4. The Labute approximate surface area is 177 Å². The molecule has 2 aromatic carbocycles. The van der Waals surface area contributed by atoms with E-state index in [9.17, 15) is 19.7 Å². The third kappa shape index (κ3) is 2.43. The topological polar surface area (TPSA) is 108 Å². The Morgan fingerprint density at radius 3 is 2.39 bits per heavy atom. The molecular formula is C22H19N5O4. The molecule has 2 amide bonds. The van der Waals surface area contributed by atoms with Gasteiger partial charge in [-0.3, -0.25) is 24.6 Å². The Hall–Kier alpha value is -3.62. The minimum atomic E-state index is -0.431. The number of nitro groups is 1. The lowest BCUT2D eigenvalue weighted by Crippen LogP contribution is -2.47. The number of imide groups is 1. The van der Waals surface area contributed by atoms with E-state index < -0.39 is 10.8 Å². The molecule has 2 aliphatic heterocycles. The maximum atomic E-state index is 13.3. The highest BCUT2D eigenvalue weighted by Gasteiger charge is 2.70. The highest BCUT2D eigenvalue weighted by atomic mass is 16.6. The van der Waals surface area contributed by atoms with Crippen LogP contribution in [-0.4, -0.2) is 33.7 Å². The van der Waals surface area contributed by atoms with E-state index in [1.807, 2.05) is 30.3 Å². The van der Waals surface area contributed by atoms with Crippen molar-refractivity contribution < 1.29 is 14.5 Å². The minimum absolute atomic E-state index is 0.0408. The molecule has 0 N–H and O–H groups in total. The molecule has 31 heavy (non-hydrogen) atoms. The molecule has 2 bridgehead atoms. The van der Waals surface area contributed by atoms with E-state index >= 15 is 0 Å². The fraction of sp³-hybridized carbons (Fsp3) is 0.364. The number of nitro benzene ring substituents is 1. The molecule has 9 heteroatoms. The van der Waals surface area contributed by atoms with Gasteiger partial charge in [0.05, 0.1) is 35.4 Å². The van der Waals surface area contributed by atoms with Crippen molar-refractivity contribution in [2.45, 2.75) is 25.0 Å². The summed E-state index contributed by atoms with van der Waals surface area (Å²) < 4.78 is 0. The van der Waals surface area contributed by atoms with E-state index in [2.05, 4.69) is 10.3 Å². The van der Waals surface area contributed by atoms with E-state index in [-0.39, 0.29) is 53.9 Å². The van der Waals surface area contributed by atoms with E-state index in [0.717, 1.165) is 12.0 Å². The minimum Gasteiger partial charge on any atom is -0.278 e. The molecule has 6 atom stereocenters. The second-order valence-electron chi connectivity index (χ2n) is 8.64. The van der Waals surface area contributed by atoms with Gasteiger partial charge in [-0.05, 0) is 29.9 Å². The molecule has 4 aliphatic rings. The van der Waals surface area contributed by atoms with Crippen LogP contribution in [0.5, 0.6) is 0 Å². The van der Waals surface area contributed by atoms with Crippen LogP contribution in [0.4, 0.5) is 11.4 Å². The first-order chi connectivity index (χ1) is 15.1. The van der Waals surface area contributed by atoms with Crippen LogP contribution >= 0.6 is 0 Å². The summed E-state index contributed by atoms with van der Waals surface area (Å²) in [5.41, 5.74) is 1.25. The van der Waals surface area contributed by atoms with Gasteiger partial charge >= 0.3 is 0 Å². The van der Waals surface area contributed by atoms with Gasteiger partial charge in [0.25, 0.3) is 5.69 Å². The molecule has 2 heterocycles. The highest BCUT2D eigenvalue weighted by Crippen LogP contribution is 2.60. The fourth-order valence-electron chi connectivity index (χ4n) is 6.09. The summed E-state index contributed by atoms with van der Waals surface area (Å²) in [6.07, 6.45) is 0.720. The summed E-state index contributed by atoms with van der Waals surface area (Å²) in [5.74, 6) is -1.20. The lowest BCUT2D eigenvalue weighted by Gasteiger charge is -2.33. The first kappa shape index (κ1) is 18.2. The summed E-state index contributed by atoms with van der Waals surface area (Å²) in [6.45, 7) is 0.273. The van der Waals surface area contributed by atoms with Gasteiger partial charge in [-0.25, -0.2) is 5.01 Å². The number of hydrogen-bond donors (Lipinski definition) is 0. The Morgan fingerprint density at radius 1 is 0.968 bits per heavy atom. The molecule has 0 radical (unpaired) electrons. The predicted octanol–water partition coefficient (Wildman–Crippen LogP) is 2.97. The SMILES string of the molecule is O=C1C2C3CC(C2C(=O)N1Cc1ccccc1)C1C3N=NN1c1ccccc1[N+](=O)[O-]. The Kier molecular flexibility index (Phi) is 3.77. The lowest BCUT2D eigenvalue weighted by molar-refractivity contribution is -0.384. The summed E-state index contributed by atoms with van der Waals surface area (Å²) in [6, 6.07) is 15.5. The van der Waals surface area contributed by atoms with Crippen molar-refractivity contribution in [3.8, 4) is 0 Å². The van der Waals surface area contributed by atoms with Crippen molar-refractivity contribution in [2.75, 3.05) is 5.01 Å². The lowest BCUT2D eigenvalue weighted by atomic mass is 9.76. The van der Waals surface area contributed by atoms with Gasteiger partial charge in [0.1, 0.15) is 5.69 Å². The summed E-state index contributed by atoms with van der Waals surface area (Å²) in [5, 5.41) is 21.8. The molecule has 3 fully saturated rings. The van der Waals surface area contributed by atoms with Crippen LogP contribution in [0, 0.1) is 33.8 Å². The normalized spacial score (nSPS) is 32.6. The number of para-hydroxylation sites is 2. The van der Waals surface area contributed by atoms with Gasteiger partial charge in [0, 0.05) is 6.07 Å². The van der Waals surface area contributed by atoms with Crippen molar-refractivity contribution >= 4 is 23.2 Å². The smallest absolute Gasteiger partial charge is 0.278 e. The number of carbonyl (C=O) groups excluding carboxylic acids is 2. The zero-order valence-electron chi connectivity index (χ0n) is 16.4. The Morgan fingerprint density at radius 2 is 1.65 bits per heavy atom. The molecule has 2 aromatic rings. The summed E-state index contributed by atoms with van der Waals surface area (Å²) >= 11 is 0. The van der Waals surface area contributed by atoms with Crippen molar-refractivity contribution in [3.63, 3.8) is 0 Å². The van der Waals surface area contributed by atoms with Crippen molar-refractivity contribution in [3.05, 3.63) is 70.3 Å². The summed E-state index contributed by atoms with van der Waals surface area (Å²) in [7, 11) is 0. The van der Waals surface area contributed by atoms with E-state index in [1.54, 1.807) is 23.2 Å². The zero-order chi connectivity index (χ0) is 21.3. The molecule has 0 aromatic heterocycles. The van der Waals surface area contributed by atoms with E-state index in [1.165, 1.54) is 11.0 Å². The van der Waals surface area contributed by atoms with Gasteiger partial charge in [-0.15, -0.1) is 0 Å². The monoisotopic (exact) mass is 417 g/mol. The van der Waals surface area contributed by atoms with Crippen LogP contribution in [-0.2, 0) is 16.1 Å². The molecule has 0 spiro atoms. The summed E-state index contributed by atoms with van der Waals surface area (Å²) in [4.78, 5) is 39.0. The maximum absolute atomic E-state index is 13.3. The van der Waals surface area contributed by atoms with Crippen LogP contribution in [0.15, 0.2) is 64.9 Å². The second-order valence-corrected chi connectivity index (χ2v) is 8.64. The van der Waals surface area contributed by atoms with Crippen LogP contribution in [0.2, 0.25) is 0 Å². The van der Waals surface area contributed by atoms with Gasteiger partial charge in [0.15, 0.2) is 0 Å². The van der Waals surface area contributed by atoms with Gasteiger partial charge in [-0.2, -0.15) is 5.11 Å². The number of likely N-dealkylation sites (tertiary alicyclic amines) is 1. The van der Waals surface area contributed by atoms with Crippen molar-refractivity contribution in [1.29, 1.82) is 0 Å². The van der Waals surface area contributed by atoms with Gasteiger partial charge in [0.2, 0.25) is 11.8 Å². The number of anilines is 1. The van der Waals surface area contributed by atoms with Crippen LogP contribution in [0.3, 0.4) is 0 Å². The third-order valence-corrected chi connectivity index (χ3v) is 7.26. The Balaban J connectivity index is 1.32. The van der Waals surface area contributed by atoms with Crippen LogP contribution in [0.25, 0.3) is 0 Å². The second kappa shape index (κ2) is 6.44. The van der Waals surface area contributed by atoms with Crippen molar-refractivity contribution in [1.82, 2.24) is 4.90 Å². The number of nitrogens with zero attached hydrogens (tertiary/aromatic N) is 5. The Bertz CT molecular complexity index is 1140. The number of rotatable bonds is 4. The maximum Gasteiger partial charge on any atom is 0.294 e. The predicted molar refractivity (Wildman–Crippen MR) is 109 cm³/mol. The quantitative estimate of drug-likeness (QED) is 0.432. The van der Waals surface area contributed by atoms with Crippen molar-refractivity contribution in [2.24, 2.45) is 34.0 Å². The van der Waals surface area contributed by atoms with E-state index in [4.69, 9.17) is 0 Å². The molecular weight excluding hydrogens is 398 g/mol. The third-order valence-electron chi connectivity index (χ3n) is 7.26. The average Bonchev–Trinajstić information content (AvgIpc) is 3.51. The molecule has 1 saturated heterocycles. The largest absolute Gasteiger partial charge is 0.294 e. The molecule has 2 aliphatic carbocycles. The number of amides is 2. The molecule has 2 saturated carbocycles. The average molecular weight is 417 g/mol. The highest BCUT2D eigenvalue weighted by molar-refractivity contribution is 6.06. The number of hydrogen-bond acceptors (Lipinski definition) is 7. The zero-order valence-corrected chi connectivity index (χ0v) is 16.4. The molecule has 156 valence electrons. The van der Waals surface area contributed by atoms with Crippen LogP contribution < -0.4 is 5.01 Å². The first-order valence-corrected chi connectivity index (χ1v) is 10.4. The van der Waals surface area contributed by atoms with Crippen LogP contribution in [0.1, 0.15) is 12.0 Å². The number of benzene rings is 2. The van der Waals surface area contributed by atoms with Gasteiger partial charge < -0.3 is 0 Å². The van der Waals surface area contributed by atoms with Gasteiger partial charge in [-0.1, -0.05) is 47.7 Å². The fourth-order valence-corrected chi connectivity index (χ4v) is 6.09. The van der Waals surface area contributed by atoms with E-state index in [0.29, 0.717) is 5.69 Å². The standard InChI is InChI=1S/C22H19N5O4/c28-21-17-13-10-14(18(17)22(29)25(21)11-12-6-2-1-3-7-12)20-19(13)23-24-26(20)15-8-4-5-9-16(15)27(30)31/h1-9,13-14,17-20H,10-11H2. The number of fused-ring (bicyclic) bond motifs is 8.